The van der Waals surface area contributed by atoms with Crippen LogP contribution in [0.4, 0.5) is 0 Å². The molecule has 0 aromatic heterocycles. The number of rotatable bonds is 44. The van der Waals surface area contributed by atoms with Gasteiger partial charge in [0.05, 0.1) is 13.2 Å². The molecule has 0 saturated heterocycles. The second-order valence-corrected chi connectivity index (χ2v) is 19.4. The first-order valence-electron chi connectivity index (χ1n) is 26.8. The predicted octanol–water partition coefficient (Wildman–Crippen LogP) is 18.3. The van der Waals surface area contributed by atoms with Crippen LogP contribution in [0.15, 0.2) is 0 Å². The molecule has 0 amide bonds. The molecule has 1 fully saturated rings. The molecule has 0 radical (unpaired) electrons. The van der Waals surface area contributed by atoms with E-state index in [0.717, 1.165) is 51.4 Å². The van der Waals surface area contributed by atoms with Gasteiger partial charge in [-0.25, -0.2) is 0 Å². The summed E-state index contributed by atoms with van der Waals surface area (Å²) in [5.41, 5.74) is -0.855. The first kappa shape index (κ1) is 55.0. The van der Waals surface area contributed by atoms with Crippen LogP contribution in [0.1, 0.15) is 310 Å². The summed E-state index contributed by atoms with van der Waals surface area (Å²) in [4.78, 5) is 27.5. The Morgan fingerprint density at radius 1 is 0.310 bits per heavy atom. The van der Waals surface area contributed by atoms with Gasteiger partial charge in [0.15, 0.2) is 5.41 Å². The van der Waals surface area contributed by atoms with Gasteiger partial charge in [0.1, 0.15) is 0 Å². The molecule has 0 atom stereocenters. The number of carbonyl (C=O) groups excluding carboxylic acids is 2. The molecule has 4 nitrogen and oxygen atoms in total. The molecule has 344 valence electrons. The third-order valence-corrected chi connectivity index (χ3v) is 14.0. The van der Waals surface area contributed by atoms with Crippen LogP contribution in [0.5, 0.6) is 0 Å². The fraction of sp³-hybridized carbons (Fsp3) is 0.963. The SMILES string of the molecule is CCCCCCCCCCCCCCCCCCC1(CCCCCCCCCCCCCCCCCC)CCC(C(=O)OCCCCC)(C(=O)OCCCCC)CC1. The van der Waals surface area contributed by atoms with Gasteiger partial charge < -0.3 is 9.47 Å². The van der Waals surface area contributed by atoms with E-state index in [1.807, 2.05) is 0 Å². The van der Waals surface area contributed by atoms with Crippen LogP contribution in [0.3, 0.4) is 0 Å². The summed E-state index contributed by atoms with van der Waals surface area (Å²) in [6, 6.07) is 0. The molecule has 58 heavy (non-hydrogen) atoms. The lowest BCUT2D eigenvalue weighted by Gasteiger charge is -2.44. The van der Waals surface area contributed by atoms with E-state index in [1.165, 1.54) is 218 Å². The third-order valence-electron chi connectivity index (χ3n) is 14.0. The Kier molecular flexibility index (Phi) is 37.9. The van der Waals surface area contributed by atoms with E-state index in [1.54, 1.807) is 0 Å². The molecule has 4 heteroatoms. The second-order valence-electron chi connectivity index (χ2n) is 19.4. The smallest absolute Gasteiger partial charge is 0.323 e. The van der Waals surface area contributed by atoms with Crippen LogP contribution in [0.25, 0.3) is 0 Å². The topological polar surface area (TPSA) is 52.6 Å². The van der Waals surface area contributed by atoms with E-state index in [2.05, 4.69) is 27.7 Å². The third kappa shape index (κ3) is 28.5. The second kappa shape index (κ2) is 40.0. The lowest BCUT2D eigenvalue weighted by molar-refractivity contribution is -0.177. The van der Waals surface area contributed by atoms with Gasteiger partial charge in [-0.3, -0.25) is 9.59 Å². The van der Waals surface area contributed by atoms with Crippen molar-refractivity contribution in [1.82, 2.24) is 0 Å². The van der Waals surface area contributed by atoms with Crippen LogP contribution in [0.2, 0.25) is 0 Å². The van der Waals surface area contributed by atoms with Crippen molar-refractivity contribution in [3.63, 3.8) is 0 Å². The van der Waals surface area contributed by atoms with Gasteiger partial charge in [-0.05, 0) is 56.8 Å². The van der Waals surface area contributed by atoms with Gasteiger partial charge in [0, 0.05) is 0 Å². The van der Waals surface area contributed by atoms with Crippen LogP contribution < -0.4 is 0 Å². The Labute approximate surface area is 364 Å². The zero-order valence-electron chi connectivity index (χ0n) is 40.2. The molecule has 1 aliphatic carbocycles. The summed E-state index contributed by atoms with van der Waals surface area (Å²) < 4.78 is 11.7. The number of carbonyl (C=O) groups is 2. The number of hydrogen-bond donors (Lipinski definition) is 0. The minimum Gasteiger partial charge on any atom is -0.465 e. The summed E-state index contributed by atoms with van der Waals surface area (Å²) in [5.74, 6) is -0.606. The van der Waals surface area contributed by atoms with Crippen molar-refractivity contribution >= 4 is 11.9 Å². The summed E-state index contributed by atoms with van der Waals surface area (Å²) in [5, 5.41) is 0. The van der Waals surface area contributed by atoms with Crippen molar-refractivity contribution in [3.05, 3.63) is 0 Å². The Hall–Kier alpha value is -1.06. The summed E-state index contributed by atoms with van der Waals surface area (Å²) in [7, 11) is 0. The van der Waals surface area contributed by atoms with Crippen molar-refractivity contribution in [2.75, 3.05) is 13.2 Å². The molecule has 0 heterocycles. The van der Waals surface area contributed by atoms with Gasteiger partial charge >= 0.3 is 11.9 Å². The number of esters is 2. The van der Waals surface area contributed by atoms with Crippen LogP contribution in [-0.4, -0.2) is 25.2 Å². The van der Waals surface area contributed by atoms with E-state index in [4.69, 9.17) is 9.47 Å². The molecule has 0 unspecified atom stereocenters. The van der Waals surface area contributed by atoms with E-state index in [-0.39, 0.29) is 17.4 Å². The largest absolute Gasteiger partial charge is 0.465 e. The first-order chi connectivity index (χ1) is 28.5. The quantitative estimate of drug-likeness (QED) is 0.0349. The maximum atomic E-state index is 13.7. The van der Waals surface area contributed by atoms with Crippen LogP contribution in [-0.2, 0) is 19.1 Å². The normalized spacial score (nSPS) is 14.8. The van der Waals surface area contributed by atoms with Crippen molar-refractivity contribution < 1.29 is 19.1 Å². The maximum Gasteiger partial charge on any atom is 0.323 e. The zero-order chi connectivity index (χ0) is 42.1. The number of ether oxygens (including phenoxy) is 2. The van der Waals surface area contributed by atoms with E-state index < -0.39 is 5.41 Å². The van der Waals surface area contributed by atoms with E-state index in [0.29, 0.717) is 26.1 Å². The van der Waals surface area contributed by atoms with E-state index >= 15 is 0 Å². The first-order valence-corrected chi connectivity index (χ1v) is 26.8. The molecule has 0 aliphatic heterocycles. The fourth-order valence-electron chi connectivity index (χ4n) is 9.73. The molecule has 0 bridgehead atoms. The highest BCUT2D eigenvalue weighted by molar-refractivity contribution is 6.00. The van der Waals surface area contributed by atoms with Crippen LogP contribution in [0, 0.1) is 10.8 Å². The number of unbranched alkanes of at least 4 members (excludes halogenated alkanes) is 34. The van der Waals surface area contributed by atoms with Crippen LogP contribution >= 0.6 is 0 Å². The Bertz CT molecular complexity index is 825. The van der Waals surface area contributed by atoms with Gasteiger partial charge in [-0.2, -0.15) is 0 Å². The Morgan fingerprint density at radius 2 is 0.534 bits per heavy atom. The molecule has 1 saturated carbocycles. The fourth-order valence-corrected chi connectivity index (χ4v) is 9.73. The van der Waals surface area contributed by atoms with Gasteiger partial charge in [0.25, 0.3) is 0 Å². The highest BCUT2D eigenvalue weighted by Gasteiger charge is 2.53. The minimum absolute atomic E-state index is 0.250. The van der Waals surface area contributed by atoms with Crippen molar-refractivity contribution in [2.45, 2.75) is 310 Å². The molecular weight excluding hydrogens is 713 g/mol. The average Bonchev–Trinajstić information content (AvgIpc) is 3.23. The summed E-state index contributed by atoms with van der Waals surface area (Å²) >= 11 is 0. The van der Waals surface area contributed by atoms with Gasteiger partial charge in [-0.15, -0.1) is 0 Å². The van der Waals surface area contributed by atoms with Crippen molar-refractivity contribution in [1.29, 1.82) is 0 Å². The van der Waals surface area contributed by atoms with Crippen molar-refractivity contribution in [3.8, 4) is 0 Å². The summed E-state index contributed by atoms with van der Waals surface area (Å²) in [6.45, 7) is 9.76. The van der Waals surface area contributed by atoms with E-state index in [9.17, 15) is 9.59 Å². The van der Waals surface area contributed by atoms with Gasteiger partial charge in [-0.1, -0.05) is 259 Å². The number of hydrogen-bond acceptors (Lipinski definition) is 4. The molecule has 0 N–H and O–H groups in total. The molecule has 0 aromatic carbocycles. The van der Waals surface area contributed by atoms with Gasteiger partial charge in [0.2, 0.25) is 0 Å². The molecule has 0 spiro atoms. The Morgan fingerprint density at radius 3 is 0.793 bits per heavy atom. The Balaban J connectivity index is 2.55. The molecule has 1 aliphatic rings. The lowest BCUT2D eigenvalue weighted by atomic mass is 9.60. The summed E-state index contributed by atoms with van der Waals surface area (Å²) in [6.07, 6.45) is 56.4. The average molecular weight is 817 g/mol. The molecular formula is C54H104O4. The van der Waals surface area contributed by atoms with Crippen molar-refractivity contribution in [2.24, 2.45) is 10.8 Å². The standard InChI is InChI=1S/C54H104O4/c1-5-9-13-15-17-19-21-23-25-27-29-31-33-35-37-39-43-53(44-40-38-36-34-32-30-28-26-24-22-20-18-16-14-10-6-2)45-47-54(48-46-53,51(55)57-49-41-11-7-3)52(56)58-50-42-12-8-4/h5-50H2,1-4H3. The zero-order valence-corrected chi connectivity index (χ0v) is 40.2. The highest BCUT2D eigenvalue weighted by atomic mass is 16.6. The highest BCUT2D eigenvalue weighted by Crippen LogP contribution is 2.52. The maximum absolute atomic E-state index is 13.7. The minimum atomic E-state index is -1.11. The molecule has 1 rings (SSSR count). The predicted molar refractivity (Wildman–Crippen MR) is 253 cm³/mol. The lowest BCUT2D eigenvalue weighted by Crippen LogP contribution is -2.47. The molecule has 0 aromatic rings. The monoisotopic (exact) mass is 817 g/mol.